The molecule has 1 N–H and O–H groups in total. The number of benzene rings is 2. The Balaban J connectivity index is 1.27. The number of carbonyl (C=O) groups excluding carboxylic acids is 2. The van der Waals surface area contributed by atoms with Gasteiger partial charge in [0, 0.05) is 26.7 Å². The van der Waals surface area contributed by atoms with Crippen LogP contribution in [0.25, 0.3) is 31.3 Å². The molecule has 48 heavy (non-hydrogen) atoms. The molecule has 2 aromatic rings. The molecule has 0 spiro atoms. The van der Waals surface area contributed by atoms with E-state index in [4.69, 9.17) is 23.7 Å². The summed E-state index contributed by atoms with van der Waals surface area (Å²) in [6, 6.07) is 13.7. The van der Waals surface area contributed by atoms with Gasteiger partial charge in [0.05, 0.1) is 35.9 Å². The summed E-state index contributed by atoms with van der Waals surface area (Å²) < 4.78 is 30.5. The predicted octanol–water partition coefficient (Wildman–Crippen LogP) is 4.85. The number of aliphatic hydroxyl groups is 1. The second-order valence-electron chi connectivity index (χ2n) is 11.5. The molecule has 1 amide bonds. The lowest BCUT2D eigenvalue weighted by atomic mass is 9.84. The smallest absolute Gasteiger partial charge is 0.410 e. The van der Waals surface area contributed by atoms with Crippen molar-refractivity contribution in [1.29, 1.82) is 0 Å². The number of ether oxygens (including phenoxy) is 5. The first-order valence-corrected chi connectivity index (χ1v) is 15.9. The molecule has 0 radical (unpaired) electrons. The molecule has 1 aliphatic carbocycles. The highest BCUT2D eigenvalue weighted by atomic mass is 32.2. The Labute approximate surface area is 277 Å². The SMILES string of the molecule is CN1C(=O)O[C@H]2[C@H]3O[C@H](O[C@H]4[C@H](O)[C@@H](OC(=O)c5ccccc5)[C@H](N=[N+]=[N-])C[C@@H]4N=[N+]=[N-])[C@H](N=[N+]=[N-])C[C@@H]3O[C@H](Sc3ccccc3)[C@H]21. The third-order valence-corrected chi connectivity index (χ3v) is 9.89. The summed E-state index contributed by atoms with van der Waals surface area (Å²) in [6.45, 7) is 0. The highest BCUT2D eigenvalue weighted by Crippen LogP contribution is 2.44. The van der Waals surface area contributed by atoms with Gasteiger partial charge in [0.1, 0.15) is 29.8 Å². The predicted molar refractivity (Wildman–Crippen MR) is 166 cm³/mol. The van der Waals surface area contributed by atoms with E-state index in [2.05, 4.69) is 30.1 Å². The number of likely N-dealkylation sites (N-methyl/N-ethyl adjacent to an activating group) is 1. The molecule has 0 unspecified atom stereocenters. The summed E-state index contributed by atoms with van der Waals surface area (Å²) in [5.74, 6) is -0.789. The van der Waals surface area contributed by atoms with E-state index in [-0.39, 0.29) is 18.4 Å². The van der Waals surface area contributed by atoms with Gasteiger partial charge >= 0.3 is 12.1 Å². The normalized spacial score (nSPS) is 35.4. The number of esters is 1. The van der Waals surface area contributed by atoms with E-state index in [9.17, 15) is 31.3 Å². The molecule has 0 aromatic heterocycles. The van der Waals surface area contributed by atoms with Gasteiger partial charge in [-0.15, -0.1) is 0 Å². The third kappa shape index (κ3) is 6.67. The van der Waals surface area contributed by atoms with Crippen LogP contribution < -0.4 is 0 Å². The number of carbonyl (C=O) groups is 2. The number of amides is 1. The van der Waals surface area contributed by atoms with Crippen molar-refractivity contribution in [2.75, 3.05) is 7.05 Å². The van der Waals surface area contributed by atoms with Crippen LogP contribution in [0.2, 0.25) is 0 Å². The molecule has 18 nitrogen and oxygen atoms in total. The summed E-state index contributed by atoms with van der Waals surface area (Å²) in [4.78, 5) is 36.8. The van der Waals surface area contributed by atoms with E-state index >= 15 is 0 Å². The Kier molecular flexibility index (Phi) is 10.1. The average Bonchev–Trinajstić information content (AvgIpc) is 3.40. The lowest BCUT2D eigenvalue weighted by Crippen LogP contribution is -2.65. The lowest BCUT2D eigenvalue weighted by molar-refractivity contribution is -0.300. The first-order chi connectivity index (χ1) is 23.3. The van der Waals surface area contributed by atoms with Crippen LogP contribution in [0.15, 0.2) is 80.9 Å². The molecule has 3 heterocycles. The topological polar surface area (TPSA) is 250 Å². The molecule has 250 valence electrons. The van der Waals surface area contributed by atoms with Gasteiger partial charge in [-0.25, -0.2) is 9.59 Å². The number of fused-ring (bicyclic) bond motifs is 3. The van der Waals surface area contributed by atoms with Crippen LogP contribution in [0.3, 0.4) is 0 Å². The molecule has 19 heteroatoms. The quantitative estimate of drug-likeness (QED) is 0.164. The first-order valence-electron chi connectivity index (χ1n) is 15.0. The molecule has 4 aliphatic rings. The highest BCUT2D eigenvalue weighted by Gasteiger charge is 2.59. The van der Waals surface area contributed by atoms with E-state index < -0.39 is 84.6 Å². The minimum absolute atomic E-state index is 0.0957. The summed E-state index contributed by atoms with van der Waals surface area (Å²) in [5.41, 5.74) is 27.6. The zero-order valence-electron chi connectivity index (χ0n) is 25.3. The molecule has 6 rings (SSSR count). The maximum Gasteiger partial charge on any atom is 0.410 e. The van der Waals surface area contributed by atoms with E-state index in [0.717, 1.165) is 4.90 Å². The second kappa shape index (κ2) is 14.6. The van der Waals surface area contributed by atoms with Crippen molar-refractivity contribution in [2.24, 2.45) is 15.3 Å². The number of nitrogens with zero attached hydrogens (tertiary/aromatic N) is 10. The molecule has 1 saturated carbocycles. The third-order valence-electron chi connectivity index (χ3n) is 8.72. The maximum atomic E-state index is 13.0. The summed E-state index contributed by atoms with van der Waals surface area (Å²) in [6.07, 6.45) is -8.75. The summed E-state index contributed by atoms with van der Waals surface area (Å²) >= 11 is 1.42. The van der Waals surface area contributed by atoms with E-state index in [1.165, 1.54) is 28.8 Å². The minimum atomic E-state index is -1.68. The minimum Gasteiger partial charge on any atom is -0.455 e. The van der Waals surface area contributed by atoms with Crippen molar-refractivity contribution in [3.8, 4) is 0 Å². The molecular formula is C29H30N10O8S. The summed E-state index contributed by atoms with van der Waals surface area (Å²) in [5, 5.41) is 22.9. The Hall–Kier alpha value is -4.70. The van der Waals surface area contributed by atoms with Gasteiger partial charge in [-0.3, -0.25) is 0 Å². The van der Waals surface area contributed by atoms with Gasteiger partial charge in [0.25, 0.3) is 0 Å². The standard InChI is InChI=1S/C29H30N10O8S/c1-39-20-25(47-29(39)42)24-19(43-28(20)48-15-10-6-3-7-11-15)13-18(35-38-32)27(46-24)45-23-17(34-37-31)12-16(33-36-30)22(21(23)40)44-26(41)14-8-4-2-5-9-14/h2-11,16-25,27-28,40H,12-13H2,1H3/t16-,17+,18-,19+,20+,21-,22+,23-,24+,25-,27+,28-/m1/s1. The molecule has 12 atom stereocenters. The maximum absolute atomic E-state index is 13.0. The molecule has 0 bridgehead atoms. The fourth-order valence-electron chi connectivity index (χ4n) is 6.48. The Bertz CT molecular complexity index is 1640. The van der Waals surface area contributed by atoms with Crippen molar-refractivity contribution >= 4 is 23.8 Å². The number of hydrogen-bond acceptors (Lipinski definition) is 12. The number of azide groups is 3. The fourth-order valence-corrected chi connectivity index (χ4v) is 7.74. The van der Waals surface area contributed by atoms with Gasteiger partial charge in [0.2, 0.25) is 0 Å². The van der Waals surface area contributed by atoms with Crippen molar-refractivity contribution in [3.63, 3.8) is 0 Å². The lowest BCUT2D eigenvalue weighted by Gasteiger charge is -2.49. The Morgan fingerprint density at radius 3 is 2.19 bits per heavy atom. The zero-order valence-corrected chi connectivity index (χ0v) is 26.1. The fraction of sp³-hybridized carbons (Fsp3) is 0.517. The Morgan fingerprint density at radius 2 is 1.52 bits per heavy atom. The largest absolute Gasteiger partial charge is 0.455 e. The van der Waals surface area contributed by atoms with Crippen molar-refractivity contribution in [1.82, 2.24) is 4.90 Å². The van der Waals surface area contributed by atoms with Crippen LogP contribution >= 0.6 is 11.8 Å². The van der Waals surface area contributed by atoms with Crippen molar-refractivity contribution in [3.05, 3.63) is 97.6 Å². The van der Waals surface area contributed by atoms with Gasteiger partial charge in [-0.2, -0.15) is 0 Å². The van der Waals surface area contributed by atoms with E-state index in [1.54, 1.807) is 25.2 Å². The van der Waals surface area contributed by atoms with Crippen molar-refractivity contribution in [2.45, 2.75) is 90.3 Å². The molecule has 3 aliphatic heterocycles. The van der Waals surface area contributed by atoms with Crippen molar-refractivity contribution < 1.29 is 38.4 Å². The van der Waals surface area contributed by atoms with Gasteiger partial charge < -0.3 is 33.7 Å². The highest BCUT2D eigenvalue weighted by molar-refractivity contribution is 7.99. The van der Waals surface area contributed by atoms with Crippen LogP contribution in [0, 0.1) is 0 Å². The number of aliphatic hydroxyl groups excluding tert-OH is 1. The number of hydrogen-bond donors (Lipinski definition) is 1. The van der Waals surface area contributed by atoms with Gasteiger partial charge in [0.15, 0.2) is 12.4 Å². The Morgan fingerprint density at radius 1 is 0.896 bits per heavy atom. The molecule has 3 saturated heterocycles. The number of thioether (sulfide) groups is 1. The van der Waals surface area contributed by atoms with Crippen LogP contribution in [0.5, 0.6) is 0 Å². The molecule has 2 aromatic carbocycles. The van der Waals surface area contributed by atoms with E-state index in [1.807, 2.05) is 30.3 Å². The summed E-state index contributed by atoms with van der Waals surface area (Å²) in [7, 11) is 1.61. The van der Waals surface area contributed by atoms with Gasteiger partial charge in [-0.1, -0.05) is 63.5 Å². The molecular weight excluding hydrogens is 648 g/mol. The van der Waals surface area contributed by atoms with E-state index in [0.29, 0.717) is 0 Å². The van der Waals surface area contributed by atoms with Crippen LogP contribution in [0.4, 0.5) is 4.79 Å². The molecule has 4 fully saturated rings. The van der Waals surface area contributed by atoms with Crippen LogP contribution in [-0.4, -0.2) is 102 Å². The number of rotatable bonds is 9. The average molecular weight is 679 g/mol. The zero-order chi connectivity index (χ0) is 33.8. The van der Waals surface area contributed by atoms with Crippen LogP contribution in [0.1, 0.15) is 23.2 Å². The monoisotopic (exact) mass is 678 g/mol. The second-order valence-corrected chi connectivity index (χ2v) is 12.7. The first kappa shape index (κ1) is 33.2. The van der Waals surface area contributed by atoms with Gasteiger partial charge in [-0.05, 0) is 53.7 Å². The van der Waals surface area contributed by atoms with Crippen LogP contribution in [-0.2, 0) is 23.7 Å².